The Morgan fingerprint density at radius 3 is 2.66 bits per heavy atom. The highest BCUT2D eigenvalue weighted by atomic mass is 79.9. The van der Waals surface area contributed by atoms with Crippen molar-refractivity contribution in [1.82, 2.24) is 15.1 Å². The summed E-state index contributed by atoms with van der Waals surface area (Å²) in [5, 5.41) is 8.85. The number of halogens is 3. The van der Waals surface area contributed by atoms with Gasteiger partial charge in [-0.25, -0.2) is 0 Å². The van der Waals surface area contributed by atoms with E-state index >= 15 is 0 Å². The molecule has 2 aromatic carbocycles. The van der Waals surface area contributed by atoms with E-state index in [0.29, 0.717) is 33.4 Å². The first-order valence-corrected chi connectivity index (χ1v) is 10.7. The van der Waals surface area contributed by atoms with Crippen molar-refractivity contribution in [2.45, 2.75) is 26.0 Å². The lowest BCUT2D eigenvalue weighted by Crippen LogP contribution is -2.43. The first-order valence-electron chi connectivity index (χ1n) is 9.15. The smallest absolute Gasteiger partial charge is 0.263 e. The number of benzene rings is 2. The second-order valence-corrected chi connectivity index (χ2v) is 8.61. The number of hydrogen-bond donors (Lipinski definition) is 1. The molecule has 3 aromatic rings. The molecule has 1 aromatic heterocycles. The quantitative estimate of drug-likeness (QED) is 0.521. The zero-order valence-corrected chi connectivity index (χ0v) is 18.7. The maximum Gasteiger partial charge on any atom is 0.263 e. The number of rotatable bonds is 4. The van der Waals surface area contributed by atoms with Gasteiger partial charge in [0.2, 0.25) is 0 Å². The number of ether oxygens (including phenoxy) is 1. The van der Waals surface area contributed by atoms with Crippen LogP contribution in [-0.4, -0.2) is 33.7 Å². The van der Waals surface area contributed by atoms with Crippen LogP contribution in [0.1, 0.15) is 18.2 Å². The fourth-order valence-electron chi connectivity index (χ4n) is 3.40. The zero-order chi connectivity index (χ0) is 20.5. The van der Waals surface area contributed by atoms with Gasteiger partial charge in [-0.05, 0) is 53.2 Å². The van der Waals surface area contributed by atoms with Gasteiger partial charge in [0.15, 0.2) is 6.10 Å². The highest BCUT2D eigenvalue weighted by Crippen LogP contribution is 2.31. The Morgan fingerprint density at radius 2 is 1.93 bits per heavy atom. The number of aromatic amines is 1. The van der Waals surface area contributed by atoms with E-state index < -0.39 is 6.10 Å². The largest absolute Gasteiger partial charge is 0.480 e. The summed E-state index contributed by atoms with van der Waals surface area (Å²) in [5.74, 6) is 0.513. The van der Waals surface area contributed by atoms with Crippen molar-refractivity contribution in [2.24, 2.45) is 0 Å². The zero-order valence-electron chi connectivity index (χ0n) is 15.6. The number of amides is 1. The predicted octanol–water partition coefficient (Wildman–Crippen LogP) is 5.50. The normalized spacial score (nSPS) is 14.4. The Hall–Kier alpha value is -2.02. The summed E-state index contributed by atoms with van der Waals surface area (Å²) in [6, 6.07) is 12.8. The second kappa shape index (κ2) is 8.38. The van der Waals surface area contributed by atoms with Crippen molar-refractivity contribution < 1.29 is 9.53 Å². The Bertz CT molecular complexity index is 1050. The van der Waals surface area contributed by atoms with E-state index in [4.69, 9.17) is 27.9 Å². The van der Waals surface area contributed by atoms with E-state index in [-0.39, 0.29) is 5.91 Å². The van der Waals surface area contributed by atoms with Gasteiger partial charge in [0, 0.05) is 46.4 Å². The molecular formula is C21H18BrCl2N3O2. The molecule has 1 N–H and O–H groups in total. The van der Waals surface area contributed by atoms with Crippen LogP contribution in [0, 0.1) is 0 Å². The van der Waals surface area contributed by atoms with Gasteiger partial charge in [-0.15, -0.1) is 0 Å². The highest BCUT2D eigenvalue weighted by Gasteiger charge is 2.29. The van der Waals surface area contributed by atoms with Crippen molar-refractivity contribution in [2.75, 3.05) is 6.54 Å². The molecule has 1 atom stereocenters. The molecule has 0 spiro atoms. The average molecular weight is 495 g/mol. The van der Waals surface area contributed by atoms with E-state index in [9.17, 15) is 4.79 Å². The number of aromatic nitrogens is 2. The summed E-state index contributed by atoms with van der Waals surface area (Å²) >= 11 is 15.4. The molecule has 0 aliphatic carbocycles. The minimum atomic E-state index is -0.625. The van der Waals surface area contributed by atoms with Gasteiger partial charge in [0.25, 0.3) is 5.91 Å². The highest BCUT2D eigenvalue weighted by molar-refractivity contribution is 9.10. The molecule has 0 saturated carbocycles. The fourth-order valence-corrected chi connectivity index (χ4v) is 4.30. The van der Waals surface area contributed by atoms with Crippen LogP contribution in [0.15, 0.2) is 46.9 Å². The van der Waals surface area contributed by atoms with Crippen LogP contribution in [-0.2, 0) is 17.8 Å². The number of hydrogen-bond acceptors (Lipinski definition) is 3. The maximum absolute atomic E-state index is 13.0. The molecule has 1 unspecified atom stereocenters. The topological polar surface area (TPSA) is 58.2 Å². The summed E-state index contributed by atoms with van der Waals surface area (Å²) in [4.78, 5) is 14.8. The molecule has 150 valence electrons. The number of carbonyl (C=O) groups is 1. The Labute approximate surface area is 187 Å². The van der Waals surface area contributed by atoms with Gasteiger partial charge in [-0.3, -0.25) is 9.89 Å². The lowest BCUT2D eigenvalue weighted by Gasteiger charge is -2.29. The maximum atomic E-state index is 13.0. The van der Waals surface area contributed by atoms with Crippen LogP contribution in [0.25, 0.3) is 11.3 Å². The molecule has 0 radical (unpaired) electrons. The molecule has 1 aliphatic heterocycles. The molecule has 1 amide bonds. The molecule has 4 rings (SSSR count). The predicted molar refractivity (Wildman–Crippen MR) is 117 cm³/mol. The number of nitrogens with zero attached hydrogens (tertiary/aromatic N) is 2. The molecule has 29 heavy (non-hydrogen) atoms. The standard InChI is InChI=1S/C21H18BrCl2N3O2/c1-12(29-19-7-6-15(24)10-17(19)22)21(28)27-9-8-18-16(11-27)20(26-25-18)13-2-4-14(23)5-3-13/h2-7,10,12H,8-9,11H2,1H3,(H,25,26). The SMILES string of the molecule is CC(Oc1ccc(Cl)cc1Br)C(=O)N1CCc2[nH]nc(-c3ccc(Cl)cc3)c2C1. The molecule has 8 heteroatoms. The van der Waals surface area contributed by atoms with Crippen molar-refractivity contribution in [1.29, 1.82) is 0 Å². The van der Waals surface area contributed by atoms with Gasteiger partial charge in [0.05, 0.1) is 10.2 Å². The van der Waals surface area contributed by atoms with Gasteiger partial charge >= 0.3 is 0 Å². The number of fused-ring (bicyclic) bond motifs is 1. The summed E-state index contributed by atoms with van der Waals surface area (Å²) < 4.78 is 6.59. The number of H-pyrrole nitrogens is 1. The lowest BCUT2D eigenvalue weighted by molar-refractivity contribution is -0.138. The van der Waals surface area contributed by atoms with E-state index in [1.54, 1.807) is 25.1 Å². The van der Waals surface area contributed by atoms with Crippen molar-refractivity contribution in [3.8, 4) is 17.0 Å². The van der Waals surface area contributed by atoms with Gasteiger partial charge < -0.3 is 9.64 Å². The van der Waals surface area contributed by atoms with Crippen LogP contribution >= 0.6 is 39.1 Å². The van der Waals surface area contributed by atoms with Gasteiger partial charge in [-0.1, -0.05) is 35.3 Å². The minimum absolute atomic E-state index is 0.0687. The molecular weight excluding hydrogens is 477 g/mol. The minimum Gasteiger partial charge on any atom is -0.480 e. The van der Waals surface area contributed by atoms with E-state index in [0.717, 1.165) is 28.9 Å². The van der Waals surface area contributed by atoms with Gasteiger partial charge in [0.1, 0.15) is 5.75 Å². The van der Waals surface area contributed by atoms with Crippen molar-refractivity contribution in [3.63, 3.8) is 0 Å². The fraction of sp³-hybridized carbons (Fsp3) is 0.238. The molecule has 0 fully saturated rings. The Balaban J connectivity index is 1.51. The van der Waals surface area contributed by atoms with E-state index in [1.807, 2.05) is 29.2 Å². The molecule has 1 aliphatic rings. The van der Waals surface area contributed by atoms with Crippen LogP contribution < -0.4 is 4.74 Å². The third kappa shape index (κ3) is 4.29. The molecule has 5 nitrogen and oxygen atoms in total. The number of nitrogens with one attached hydrogen (secondary N) is 1. The first kappa shape index (κ1) is 20.3. The Kier molecular flexibility index (Phi) is 5.86. The average Bonchev–Trinajstić information content (AvgIpc) is 3.13. The van der Waals surface area contributed by atoms with Crippen molar-refractivity contribution >= 4 is 45.0 Å². The second-order valence-electron chi connectivity index (χ2n) is 6.88. The number of carbonyl (C=O) groups excluding carboxylic acids is 1. The Morgan fingerprint density at radius 1 is 1.21 bits per heavy atom. The van der Waals surface area contributed by atoms with E-state index in [1.165, 1.54) is 0 Å². The van der Waals surface area contributed by atoms with Crippen LogP contribution in [0.3, 0.4) is 0 Å². The van der Waals surface area contributed by atoms with E-state index in [2.05, 4.69) is 26.1 Å². The summed E-state index contributed by atoms with van der Waals surface area (Å²) in [5.41, 5.74) is 3.92. The van der Waals surface area contributed by atoms with Crippen molar-refractivity contribution in [3.05, 3.63) is 68.2 Å². The van der Waals surface area contributed by atoms with Crippen LogP contribution in [0.5, 0.6) is 5.75 Å². The summed E-state index contributed by atoms with van der Waals surface area (Å²) in [7, 11) is 0. The summed E-state index contributed by atoms with van der Waals surface area (Å²) in [6.45, 7) is 2.86. The van der Waals surface area contributed by atoms with Crippen LogP contribution in [0.2, 0.25) is 10.0 Å². The summed E-state index contributed by atoms with van der Waals surface area (Å²) in [6.07, 6.45) is 0.0962. The third-order valence-corrected chi connectivity index (χ3v) is 6.02. The monoisotopic (exact) mass is 493 g/mol. The molecule has 0 bridgehead atoms. The first-order chi connectivity index (χ1) is 13.9. The third-order valence-electron chi connectivity index (χ3n) is 4.91. The molecule has 0 saturated heterocycles. The van der Waals surface area contributed by atoms with Gasteiger partial charge in [-0.2, -0.15) is 5.10 Å². The van der Waals surface area contributed by atoms with Crippen LogP contribution in [0.4, 0.5) is 0 Å². The lowest BCUT2D eigenvalue weighted by atomic mass is 10.0. The molecule has 2 heterocycles.